The number of benzene rings is 1. The molecule has 0 unspecified atom stereocenters. The number of ketones is 1. The molecule has 2 amide bonds. The van der Waals surface area contributed by atoms with Crippen LogP contribution in [-0.2, 0) is 14.3 Å². The number of esters is 1. The summed E-state index contributed by atoms with van der Waals surface area (Å²) in [6.45, 7) is 1.25. The van der Waals surface area contributed by atoms with Crippen molar-refractivity contribution in [1.82, 2.24) is 5.32 Å². The highest BCUT2D eigenvalue weighted by molar-refractivity contribution is 5.89. The van der Waals surface area contributed by atoms with Gasteiger partial charge in [-0.05, 0) is 19.1 Å². The van der Waals surface area contributed by atoms with Gasteiger partial charge in [0.1, 0.15) is 6.61 Å². The van der Waals surface area contributed by atoms with Crippen LogP contribution < -0.4 is 10.6 Å². The molecule has 0 atom stereocenters. The van der Waals surface area contributed by atoms with E-state index in [9.17, 15) is 14.4 Å². The third kappa shape index (κ3) is 6.82. The van der Waals surface area contributed by atoms with Crippen molar-refractivity contribution >= 4 is 23.5 Å². The molecule has 0 aliphatic heterocycles. The highest BCUT2D eigenvalue weighted by Gasteiger charge is 2.06. The summed E-state index contributed by atoms with van der Waals surface area (Å²) < 4.78 is 4.64. The minimum Gasteiger partial charge on any atom is -0.458 e. The van der Waals surface area contributed by atoms with Crippen molar-refractivity contribution in [1.29, 1.82) is 0 Å². The monoisotopic (exact) mass is 264 g/mol. The maximum Gasteiger partial charge on any atom is 0.319 e. The Labute approximate surface area is 111 Å². The third-order valence-corrected chi connectivity index (χ3v) is 2.08. The number of amides is 2. The molecule has 0 fully saturated rings. The zero-order chi connectivity index (χ0) is 14.1. The summed E-state index contributed by atoms with van der Waals surface area (Å²) in [6, 6.07) is 8.55. The zero-order valence-corrected chi connectivity index (χ0v) is 10.6. The highest BCUT2D eigenvalue weighted by Crippen LogP contribution is 2.03. The van der Waals surface area contributed by atoms with Crippen LogP contribution in [0.25, 0.3) is 0 Å². The second kappa shape index (κ2) is 7.86. The Morgan fingerprint density at radius 1 is 1.16 bits per heavy atom. The van der Waals surface area contributed by atoms with Crippen molar-refractivity contribution in [2.24, 2.45) is 0 Å². The third-order valence-electron chi connectivity index (χ3n) is 2.08. The van der Waals surface area contributed by atoms with Gasteiger partial charge in [-0.25, -0.2) is 4.79 Å². The number of urea groups is 1. The predicted octanol–water partition coefficient (Wildman–Crippen LogP) is 1.33. The fourth-order valence-electron chi connectivity index (χ4n) is 1.23. The molecule has 1 aromatic rings. The quantitative estimate of drug-likeness (QED) is 0.759. The van der Waals surface area contributed by atoms with Crippen LogP contribution in [0.2, 0.25) is 0 Å². The first-order valence-electron chi connectivity index (χ1n) is 5.83. The van der Waals surface area contributed by atoms with E-state index in [2.05, 4.69) is 15.4 Å². The number of carbonyl (C=O) groups is 3. The normalized spacial score (nSPS) is 9.53. The van der Waals surface area contributed by atoms with E-state index < -0.39 is 12.0 Å². The standard InChI is InChI=1S/C13H16N2O4/c1-10(16)9-19-12(17)7-8-14-13(18)15-11-5-3-2-4-6-11/h2-6H,7-9H2,1H3,(H2,14,15,18). The van der Waals surface area contributed by atoms with Gasteiger partial charge in [-0.1, -0.05) is 18.2 Å². The molecule has 6 heteroatoms. The molecule has 0 aromatic heterocycles. The lowest BCUT2D eigenvalue weighted by Crippen LogP contribution is -2.31. The smallest absolute Gasteiger partial charge is 0.319 e. The topological polar surface area (TPSA) is 84.5 Å². The van der Waals surface area contributed by atoms with Crippen LogP contribution >= 0.6 is 0 Å². The molecule has 0 saturated carbocycles. The van der Waals surface area contributed by atoms with Gasteiger partial charge in [0, 0.05) is 12.2 Å². The number of hydrogen-bond acceptors (Lipinski definition) is 4. The van der Waals surface area contributed by atoms with Crippen LogP contribution in [0.15, 0.2) is 30.3 Å². The Morgan fingerprint density at radius 3 is 2.47 bits per heavy atom. The van der Waals surface area contributed by atoms with Crippen LogP contribution in [0.1, 0.15) is 13.3 Å². The van der Waals surface area contributed by atoms with E-state index in [1.165, 1.54) is 6.92 Å². The van der Waals surface area contributed by atoms with E-state index in [4.69, 9.17) is 0 Å². The molecular weight excluding hydrogens is 248 g/mol. The molecule has 1 aromatic carbocycles. The summed E-state index contributed by atoms with van der Waals surface area (Å²) in [4.78, 5) is 33.1. The molecule has 0 spiro atoms. The molecule has 0 aliphatic rings. The fraction of sp³-hybridized carbons (Fsp3) is 0.308. The predicted molar refractivity (Wildman–Crippen MR) is 69.7 cm³/mol. The van der Waals surface area contributed by atoms with Crippen molar-refractivity contribution in [2.75, 3.05) is 18.5 Å². The molecule has 0 heterocycles. The van der Waals surface area contributed by atoms with Crippen molar-refractivity contribution in [3.63, 3.8) is 0 Å². The fourth-order valence-corrected chi connectivity index (χ4v) is 1.23. The lowest BCUT2D eigenvalue weighted by Gasteiger charge is -2.07. The van der Waals surface area contributed by atoms with Gasteiger partial charge in [-0.2, -0.15) is 0 Å². The minimum atomic E-state index is -0.518. The van der Waals surface area contributed by atoms with Crippen LogP contribution in [-0.4, -0.2) is 30.9 Å². The second-order valence-corrected chi connectivity index (χ2v) is 3.86. The van der Waals surface area contributed by atoms with Gasteiger partial charge >= 0.3 is 12.0 Å². The summed E-state index contributed by atoms with van der Waals surface area (Å²) in [5.41, 5.74) is 0.666. The summed E-state index contributed by atoms with van der Waals surface area (Å²) in [5, 5.41) is 5.12. The molecule has 0 radical (unpaired) electrons. The van der Waals surface area contributed by atoms with E-state index >= 15 is 0 Å². The first kappa shape index (κ1) is 14.7. The summed E-state index contributed by atoms with van der Waals surface area (Å²) in [5.74, 6) is -0.738. The first-order chi connectivity index (χ1) is 9.08. The minimum absolute atomic E-state index is 0.0233. The molecule has 19 heavy (non-hydrogen) atoms. The van der Waals surface area contributed by atoms with E-state index in [1.807, 2.05) is 6.07 Å². The van der Waals surface area contributed by atoms with Gasteiger partial charge in [0.05, 0.1) is 6.42 Å². The van der Waals surface area contributed by atoms with Crippen LogP contribution in [0, 0.1) is 0 Å². The number of hydrogen-bond donors (Lipinski definition) is 2. The number of para-hydroxylation sites is 1. The molecule has 0 saturated heterocycles. The van der Waals surface area contributed by atoms with Crippen molar-refractivity contribution in [3.8, 4) is 0 Å². The van der Waals surface area contributed by atoms with Crippen LogP contribution in [0.4, 0.5) is 10.5 Å². The van der Waals surface area contributed by atoms with Gasteiger partial charge < -0.3 is 15.4 Å². The van der Waals surface area contributed by atoms with Crippen LogP contribution in [0.5, 0.6) is 0 Å². The van der Waals surface area contributed by atoms with Gasteiger partial charge in [-0.3, -0.25) is 9.59 Å². The van der Waals surface area contributed by atoms with Gasteiger partial charge in [0.25, 0.3) is 0 Å². The van der Waals surface area contributed by atoms with E-state index in [0.29, 0.717) is 5.69 Å². The molecule has 1 rings (SSSR count). The van der Waals surface area contributed by atoms with Gasteiger partial charge in [-0.15, -0.1) is 0 Å². The largest absolute Gasteiger partial charge is 0.458 e. The van der Waals surface area contributed by atoms with Crippen LogP contribution in [0.3, 0.4) is 0 Å². The maximum absolute atomic E-state index is 11.4. The number of ether oxygens (including phenoxy) is 1. The summed E-state index contributed by atoms with van der Waals surface area (Å²) >= 11 is 0. The number of Topliss-reactive ketones (excluding diaryl/α,β-unsaturated/α-hetero) is 1. The maximum atomic E-state index is 11.4. The van der Waals surface area contributed by atoms with E-state index in [1.54, 1.807) is 24.3 Å². The highest BCUT2D eigenvalue weighted by atomic mass is 16.5. The molecule has 102 valence electrons. The molecule has 2 N–H and O–H groups in total. The molecular formula is C13H16N2O4. The van der Waals surface area contributed by atoms with E-state index in [0.717, 1.165) is 0 Å². The Hall–Kier alpha value is -2.37. The van der Waals surface area contributed by atoms with Crippen molar-refractivity contribution in [3.05, 3.63) is 30.3 Å². The second-order valence-electron chi connectivity index (χ2n) is 3.86. The summed E-state index contributed by atoms with van der Waals surface area (Å²) in [6.07, 6.45) is 0.0233. The Morgan fingerprint density at radius 2 is 1.84 bits per heavy atom. The van der Waals surface area contributed by atoms with Gasteiger partial charge in [0.2, 0.25) is 0 Å². The summed E-state index contributed by atoms with van der Waals surface area (Å²) in [7, 11) is 0. The Bertz CT molecular complexity index is 445. The zero-order valence-electron chi connectivity index (χ0n) is 10.6. The average molecular weight is 264 g/mol. The lowest BCUT2D eigenvalue weighted by atomic mass is 10.3. The molecule has 0 aliphatic carbocycles. The molecule has 6 nitrogen and oxygen atoms in total. The lowest BCUT2D eigenvalue weighted by molar-refractivity contribution is -0.147. The SMILES string of the molecule is CC(=O)COC(=O)CCNC(=O)Nc1ccccc1. The number of nitrogens with one attached hydrogen (secondary N) is 2. The Kier molecular flexibility index (Phi) is 6.08. The molecule has 0 bridgehead atoms. The number of rotatable bonds is 6. The Balaban J connectivity index is 2.17. The van der Waals surface area contributed by atoms with E-state index in [-0.39, 0.29) is 25.4 Å². The van der Waals surface area contributed by atoms with Crippen molar-refractivity contribution < 1.29 is 19.1 Å². The van der Waals surface area contributed by atoms with Gasteiger partial charge in [0.15, 0.2) is 5.78 Å². The number of anilines is 1. The first-order valence-corrected chi connectivity index (χ1v) is 5.83. The average Bonchev–Trinajstić information content (AvgIpc) is 2.37. The van der Waals surface area contributed by atoms with Crippen molar-refractivity contribution in [2.45, 2.75) is 13.3 Å². The number of carbonyl (C=O) groups excluding carboxylic acids is 3.